The Balaban J connectivity index is 1.22. The van der Waals surface area contributed by atoms with Crippen molar-refractivity contribution in [3.05, 3.63) is 84.6 Å². The van der Waals surface area contributed by atoms with Gasteiger partial charge in [-0.25, -0.2) is 0 Å². The molecule has 3 heterocycles. The molecule has 2 aromatic heterocycles. The molecule has 162 valence electrons. The maximum Gasteiger partial charge on any atom is 0.222 e. The third kappa shape index (κ3) is 4.24. The molecule has 0 atom stereocenters. The Hall–Kier alpha value is -3.60. The van der Waals surface area contributed by atoms with E-state index in [1.807, 2.05) is 41.4 Å². The molecule has 5 rings (SSSR count). The summed E-state index contributed by atoms with van der Waals surface area (Å²) >= 11 is 0. The molecular formula is C27H28N4O. The van der Waals surface area contributed by atoms with Crippen LogP contribution < -0.4 is 4.90 Å². The molecule has 32 heavy (non-hydrogen) atoms. The average Bonchev–Trinajstić information content (AvgIpc) is 3.24. The van der Waals surface area contributed by atoms with Gasteiger partial charge in [0.2, 0.25) is 5.91 Å². The standard InChI is InChI=1S/C27H28N4O/c32-26(31-19-17-30(18-20-31)21-9-2-1-3-10-21)15-8-12-23-22-11-4-5-13-24(22)29-27(23)25-14-6-7-16-28-25/h1-7,9-11,13-14,16,29H,8,12,15,17-20H2. The number of H-pyrrole nitrogens is 1. The number of hydrogen-bond donors (Lipinski definition) is 1. The molecule has 0 bridgehead atoms. The minimum Gasteiger partial charge on any atom is -0.368 e. The first kappa shape index (κ1) is 20.3. The van der Waals surface area contributed by atoms with Crippen LogP contribution in [0.25, 0.3) is 22.3 Å². The van der Waals surface area contributed by atoms with Crippen LogP contribution in [0.15, 0.2) is 79.0 Å². The van der Waals surface area contributed by atoms with Crippen molar-refractivity contribution in [2.45, 2.75) is 19.3 Å². The second-order valence-electron chi connectivity index (χ2n) is 8.30. The lowest BCUT2D eigenvalue weighted by Gasteiger charge is -2.36. The molecule has 1 aliphatic heterocycles. The quantitative estimate of drug-likeness (QED) is 0.479. The van der Waals surface area contributed by atoms with E-state index in [2.05, 4.69) is 57.3 Å². The number of nitrogens with zero attached hydrogens (tertiary/aromatic N) is 3. The Morgan fingerprint density at radius 3 is 2.41 bits per heavy atom. The number of amides is 1. The van der Waals surface area contributed by atoms with E-state index in [0.717, 1.165) is 55.9 Å². The molecule has 0 unspecified atom stereocenters. The van der Waals surface area contributed by atoms with Crippen molar-refractivity contribution in [2.24, 2.45) is 0 Å². The smallest absolute Gasteiger partial charge is 0.222 e. The van der Waals surface area contributed by atoms with Gasteiger partial charge in [0.05, 0.1) is 11.4 Å². The lowest BCUT2D eigenvalue weighted by molar-refractivity contribution is -0.131. The summed E-state index contributed by atoms with van der Waals surface area (Å²) in [5.41, 5.74) is 5.62. The van der Waals surface area contributed by atoms with E-state index in [-0.39, 0.29) is 5.91 Å². The molecule has 1 fully saturated rings. The van der Waals surface area contributed by atoms with Gasteiger partial charge in [0.25, 0.3) is 0 Å². The van der Waals surface area contributed by atoms with Gasteiger partial charge in [-0.2, -0.15) is 0 Å². The van der Waals surface area contributed by atoms with Crippen molar-refractivity contribution in [1.82, 2.24) is 14.9 Å². The van der Waals surface area contributed by atoms with Crippen LogP contribution in [0.3, 0.4) is 0 Å². The Morgan fingerprint density at radius 2 is 1.62 bits per heavy atom. The highest BCUT2D eigenvalue weighted by atomic mass is 16.2. The number of anilines is 1. The number of rotatable bonds is 6. The van der Waals surface area contributed by atoms with Crippen LogP contribution in [0.2, 0.25) is 0 Å². The number of aromatic nitrogens is 2. The van der Waals surface area contributed by atoms with E-state index < -0.39 is 0 Å². The molecule has 5 nitrogen and oxygen atoms in total. The van der Waals surface area contributed by atoms with Crippen LogP contribution in [0.1, 0.15) is 18.4 Å². The summed E-state index contributed by atoms with van der Waals surface area (Å²) in [4.78, 5) is 25.3. The van der Waals surface area contributed by atoms with Gasteiger partial charge >= 0.3 is 0 Å². The number of carbonyl (C=O) groups is 1. The SMILES string of the molecule is O=C(CCCc1c(-c2ccccn2)[nH]c2ccccc12)N1CCN(c2ccccc2)CC1. The van der Waals surface area contributed by atoms with Crippen molar-refractivity contribution < 1.29 is 4.79 Å². The van der Waals surface area contributed by atoms with Gasteiger partial charge in [-0.1, -0.05) is 42.5 Å². The van der Waals surface area contributed by atoms with Crippen molar-refractivity contribution in [1.29, 1.82) is 0 Å². The van der Waals surface area contributed by atoms with Crippen LogP contribution in [-0.2, 0) is 11.2 Å². The van der Waals surface area contributed by atoms with Crippen LogP contribution in [0.5, 0.6) is 0 Å². The number of fused-ring (bicyclic) bond motifs is 1. The van der Waals surface area contributed by atoms with Crippen LogP contribution in [-0.4, -0.2) is 47.0 Å². The van der Waals surface area contributed by atoms with Crippen LogP contribution >= 0.6 is 0 Å². The van der Waals surface area contributed by atoms with E-state index in [0.29, 0.717) is 6.42 Å². The zero-order valence-electron chi connectivity index (χ0n) is 18.2. The van der Waals surface area contributed by atoms with Gasteiger partial charge in [0, 0.05) is 55.4 Å². The fraction of sp³-hybridized carbons (Fsp3) is 0.259. The minimum atomic E-state index is 0.261. The predicted octanol–water partition coefficient (Wildman–Crippen LogP) is 4.90. The van der Waals surface area contributed by atoms with Gasteiger partial charge in [-0.3, -0.25) is 9.78 Å². The molecule has 0 spiro atoms. The number of hydrogen-bond acceptors (Lipinski definition) is 3. The normalized spacial score (nSPS) is 14.1. The lowest BCUT2D eigenvalue weighted by Crippen LogP contribution is -2.48. The van der Waals surface area contributed by atoms with Gasteiger partial charge in [0.15, 0.2) is 0 Å². The van der Waals surface area contributed by atoms with E-state index in [4.69, 9.17) is 0 Å². The minimum absolute atomic E-state index is 0.261. The summed E-state index contributed by atoms with van der Waals surface area (Å²) in [6.07, 6.45) is 4.08. The number of piperazine rings is 1. The summed E-state index contributed by atoms with van der Waals surface area (Å²) < 4.78 is 0. The summed E-state index contributed by atoms with van der Waals surface area (Å²) in [5, 5.41) is 1.22. The van der Waals surface area contributed by atoms with Crippen molar-refractivity contribution in [2.75, 3.05) is 31.1 Å². The third-order valence-electron chi connectivity index (χ3n) is 6.31. The van der Waals surface area contributed by atoms with Crippen LogP contribution in [0, 0.1) is 0 Å². The Morgan fingerprint density at radius 1 is 0.875 bits per heavy atom. The second kappa shape index (κ2) is 9.27. The fourth-order valence-corrected chi connectivity index (χ4v) is 4.62. The van der Waals surface area contributed by atoms with Crippen molar-refractivity contribution in [3.63, 3.8) is 0 Å². The average molecular weight is 425 g/mol. The first-order valence-electron chi connectivity index (χ1n) is 11.4. The van der Waals surface area contributed by atoms with Gasteiger partial charge in [-0.15, -0.1) is 0 Å². The molecule has 0 saturated carbocycles. The number of nitrogens with one attached hydrogen (secondary N) is 1. The maximum atomic E-state index is 12.9. The molecule has 1 amide bonds. The largest absolute Gasteiger partial charge is 0.368 e. The molecule has 1 N–H and O–H groups in total. The number of pyridine rings is 1. The number of aryl methyl sites for hydroxylation is 1. The van der Waals surface area contributed by atoms with Gasteiger partial charge in [0.1, 0.15) is 0 Å². The topological polar surface area (TPSA) is 52.2 Å². The highest BCUT2D eigenvalue weighted by Gasteiger charge is 2.21. The zero-order valence-corrected chi connectivity index (χ0v) is 18.2. The molecule has 2 aromatic carbocycles. The highest BCUT2D eigenvalue weighted by Crippen LogP contribution is 2.30. The van der Waals surface area contributed by atoms with Crippen molar-refractivity contribution in [3.8, 4) is 11.4 Å². The third-order valence-corrected chi connectivity index (χ3v) is 6.31. The number of aromatic amines is 1. The molecule has 1 aliphatic rings. The molecule has 1 saturated heterocycles. The van der Waals surface area contributed by atoms with E-state index in [9.17, 15) is 4.79 Å². The molecule has 5 heteroatoms. The molecule has 0 aliphatic carbocycles. The maximum absolute atomic E-state index is 12.9. The molecule has 0 radical (unpaired) electrons. The Kier molecular flexibility index (Phi) is 5.88. The summed E-state index contributed by atoms with van der Waals surface area (Å²) in [6, 6.07) is 24.8. The fourth-order valence-electron chi connectivity index (χ4n) is 4.62. The van der Waals surface area contributed by atoms with E-state index in [1.54, 1.807) is 0 Å². The lowest BCUT2D eigenvalue weighted by atomic mass is 10.0. The second-order valence-corrected chi connectivity index (χ2v) is 8.30. The molecule has 4 aromatic rings. The van der Waals surface area contributed by atoms with Gasteiger partial charge < -0.3 is 14.8 Å². The van der Waals surface area contributed by atoms with Crippen molar-refractivity contribution >= 4 is 22.5 Å². The highest BCUT2D eigenvalue weighted by molar-refractivity contribution is 5.90. The zero-order chi connectivity index (χ0) is 21.8. The summed E-state index contributed by atoms with van der Waals surface area (Å²) in [7, 11) is 0. The number of benzene rings is 2. The summed E-state index contributed by atoms with van der Waals surface area (Å²) in [6.45, 7) is 3.37. The Labute approximate surface area is 188 Å². The monoisotopic (exact) mass is 424 g/mol. The first-order valence-corrected chi connectivity index (χ1v) is 11.4. The van der Waals surface area contributed by atoms with Gasteiger partial charge in [-0.05, 0) is 48.7 Å². The number of para-hydroxylation sites is 2. The Bertz CT molecular complexity index is 1180. The number of carbonyl (C=O) groups excluding carboxylic acids is 1. The molecular weight excluding hydrogens is 396 g/mol. The van der Waals surface area contributed by atoms with Crippen LogP contribution in [0.4, 0.5) is 5.69 Å². The van der Waals surface area contributed by atoms with E-state index >= 15 is 0 Å². The van der Waals surface area contributed by atoms with E-state index in [1.165, 1.54) is 16.6 Å². The predicted molar refractivity (Wildman–Crippen MR) is 130 cm³/mol. The first-order chi connectivity index (χ1) is 15.8. The summed E-state index contributed by atoms with van der Waals surface area (Å²) in [5.74, 6) is 0.261.